The monoisotopic (exact) mass is 827 g/mol. The van der Waals surface area contributed by atoms with Crippen molar-refractivity contribution in [3.05, 3.63) is 258 Å². The molecule has 2 heteroatoms. The molecule has 0 bridgehead atoms. The fourth-order valence-electron chi connectivity index (χ4n) is 11.5. The normalized spacial score (nSPS) is 15.0. The number of rotatable bonds is 5. The Morgan fingerprint density at radius 3 is 1.88 bits per heavy atom. The number of para-hydroxylation sites is 2. The Morgan fingerprint density at radius 1 is 0.369 bits per heavy atom. The number of hydrogen-bond acceptors (Lipinski definition) is 1. The summed E-state index contributed by atoms with van der Waals surface area (Å²) in [6, 6.07) is 83.1. The lowest BCUT2D eigenvalue weighted by Gasteiger charge is -2.29. The van der Waals surface area contributed by atoms with E-state index in [-0.39, 0.29) is 5.92 Å². The van der Waals surface area contributed by atoms with Gasteiger partial charge in [-0.25, -0.2) is 0 Å². The highest BCUT2D eigenvalue weighted by atomic mass is 16.3. The van der Waals surface area contributed by atoms with Gasteiger partial charge in [0.1, 0.15) is 11.2 Å². The molecule has 0 amide bonds. The fraction of sp³-hybridized carbons (Fsp3) is 0.0476. The summed E-state index contributed by atoms with van der Waals surface area (Å²) >= 11 is 0. The summed E-state index contributed by atoms with van der Waals surface area (Å²) in [7, 11) is 0. The maximum Gasteiger partial charge on any atom is 0.136 e. The summed E-state index contributed by atoms with van der Waals surface area (Å²) in [6.07, 6.45) is 1.00. The predicted octanol–water partition coefficient (Wildman–Crippen LogP) is 16.5. The van der Waals surface area contributed by atoms with Crippen molar-refractivity contribution < 1.29 is 4.42 Å². The van der Waals surface area contributed by atoms with Crippen LogP contribution in [0.15, 0.2) is 229 Å². The third-order valence-corrected chi connectivity index (χ3v) is 14.5. The van der Waals surface area contributed by atoms with Gasteiger partial charge < -0.3 is 8.98 Å². The minimum atomic E-state index is 0.122. The Morgan fingerprint density at radius 2 is 1.02 bits per heavy atom. The zero-order chi connectivity index (χ0) is 42.6. The van der Waals surface area contributed by atoms with Crippen LogP contribution in [0.5, 0.6) is 0 Å². The minimum absolute atomic E-state index is 0.122. The van der Waals surface area contributed by atoms with Crippen molar-refractivity contribution in [1.82, 2.24) is 4.57 Å². The van der Waals surface area contributed by atoms with E-state index in [0.29, 0.717) is 5.92 Å². The van der Waals surface area contributed by atoms with Gasteiger partial charge in [-0.05, 0) is 145 Å². The summed E-state index contributed by atoms with van der Waals surface area (Å²) in [5, 5.41) is 4.82. The highest BCUT2D eigenvalue weighted by Crippen LogP contribution is 2.52. The van der Waals surface area contributed by atoms with E-state index in [2.05, 4.69) is 229 Å². The Labute approximate surface area is 377 Å². The largest absolute Gasteiger partial charge is 0.456 e. The second-order valence-corrected chi connectivity index (χ2v) is 17.9. The van der Waals surface area contributed by atoms with Crippen LogP contribution in [0.3, 0.4) is 0 Å². The molecule has 2 aliphatic carbocycles. The molecular weight excluding hydrogens is 787 g/mol. The fourth-order valence-corrected chi connectivity index (χ4v) is 11.5. The lowest BCUT2D eigenvalue weighted by Crippen LogP contribution is -2.12. The molecule has 2 aromatic heterocycles. The lowest BCUT2D eigenvalue weighted by atomic mass is 9.75. The quantitative estimate of drug-likeness (QED) is 0.169. The lowest BCUT2D eigenvalue weighted by molar-refractivity contribution is 0.669. The highest BCUT2D eigenvalue weighted by molar-refractivity contribution is 6.14. The third kappa shape index (κ3) is 5.54. The molecule has 2 unspecified atom stereocenters. The Bertz CT molecular complexity index is 3860. The number of benzene rings is 10. The standard InChI is InChI=1S/C63H41NO/c1-4-15-39(16-5-1)51-35-43-19-10-11-22-46(43)52-36-44(28-30-48(51)52)47-24-14-26-61-63(47)57-34-42(29-32-60(57)65-61)41-27-31-50-53(33-41)54-37-55-49-23-12-13-25-58(49)64(45-20-8-3-9-21-45)59(55)38-56(54)62(50)40-17-6-2-7-18-40/h1-34,36-38,51,62H,35H2. The van der Waals surface area contributed by atoms with Gasteiger partial charge >= 0.3 is 0 Å². The summed E-state index contributed by atoms with van der Waals surface area (Å²) in [5.74, 6) is 0.433. The van der Waals surface area contributed by atoms with Crippen molar-refractivity contribution in [3.63, 3.8) is 0 Å². The van der Waals surface area contributed by atoms with Crippen LogP contribution in [0.2, 0.25) is 0 Å². The van der Waals surface area contributed by atoms with E-state index in [1.807, 2.05) is 0 Å². The van der Waals surface area contributed by atoms with Crippen molar-refractivity contribution in [2.75, 3.05) is 0 Å². The van der Waals surface area contributed by atoms with Crippen LogP contribution in [0.25, 0.3) is 93.9 Å². The van der Waals surface area contributed by atoms with Crippen molar-refractivity contribution in [2.45, 2.75) is 18.3 Å². The summed E-state index contributed by atoms with van der Waals surface area (Å²) in [5.41, 5.74) is 23.6. The first-order valence-corrected chi connectivity index (χ1v) is 22.8. The zero-order valence-electron chi connectivity index (χ0n) is 35.6. The van der Waals surface area contributed by atoms with Crippen LogP contribution in [-0.4, -0.2) is 4.57 Å². The van der Waals surface area contributed by atoms with Crippen LogP contribution in [0.4, 0.5) is 0 Å². The SMILES string of the molecule is c1ccc(C2Cc3ccccc3-c3cc(-c4cccc5oc6ccc(-c7ccc8c(c7)-c7cc9c%10ccccc%10n(-c%10ccccc%10)c9cc7C8c7ccccc7)cc6c45)ccc32)cc1. The molecule has 0 fully saturated rings. The highest BCUT2D eigenvalue weighted by Gasteiger charge is 2.32. The molecule has 2 aliphatic rings. The van der Waals surface area contributed by atoms with Crippen molar-refractivity contribution >= 4 is 43.7 Å². The van der Waals surface area contributed by atoms with E-state index in [1.165, 1.54) is 105 Å². The van der Waals surface area contributed by atoms with Gasteiger partial charge in [-0.3, -0.25) is 0 Å². The Kier molecular flexibility index (Phi) is 7.91. The number of aromatic nitrogens is 1. The van der Waals surface area contributed by atoms with Crippen LogP contribution in [0.1, 0.15) is 45.2 Å². The molecule has 2 heterocycles. The van der Waals surface area contributed by atoms with E-state index in [0.717, 1.165) is 28.4 Å². The summed E-state index contributed by atoms with van der Waals surface area (Å²) in [6.45, 7) is 0. The van der Waals surface area contributed by atoms with Gasteiger partial charge in [0.25, 0.3) is 0 Å². The van der Waals surface area contributed by atoms with Gasteiger partial charge in [-0.2, -0.15) is 0 Å². The maximum absolute atomic E-state index is 6.64. The maximum atomic E-state index is 6.64. The Balaban J connectivity index is 0.927. The number of hydrogen-bond donors (Lipinski definition) is 0. The van der Waals surface area contributed by atoms with Crippen LogP contribution in [0, 0.1) is 0 Å². The minimum Gasteiger partial charge on any atom is -0.456 e. The molecule has 2 atom stereocenters. The van der Waals surface area contributed by atoms with Crippen LogP contribution in [-0.2, 0) is 6.42 Å². The number of fused-ring (bicyclic) bond motifs is 12. The molecule has 0 saturated heterocycles. The van der Waals surface area contributed by atoms with E-state index in [9.17, 15) is 0 Å². The van der Waals surface area contributed by atoms with Gasteiger partial charge in [0.15, 0.2) is 0 Å². The second-order valence-electron chi connectivity index (χ2n) is 17.9. The third-order valence-electron chi connectivity index (χ3n) is 14.5. The van der Waals surface area contributed by atoms with Gasteiger partial charge in [-0.15, -0.1) is 0 Å². The van der Waals surface area contributed by atoms with E-state index in [1.54, 1.807) is 0 Å². The zero-order valence-corrected chi connectivity index (χ0v) is 35.6. The van der Waals surface area contributed by atoms with Gasteiger partial charge in [0, 0.05) is 39.1 Å². The van der Waals surface area contributed by atoms with Crippen LogP contribution >= 0.6 is 0 Å². The molecule has 2 nitrogen and oxygen atoms in total. The number of furan rings is 1. The molecular formula is C63H41NO. The molecule has 0 N–H and O–H groups in total. The first kappa shape index (κ1) is 36.3. The van der Waals surface area contributed by atoms with Crippen LogP contribution < -0.4 is 0 Å². The average Bonchev–Trinajstić information content (AvgIpc) is 4.02. The molecule has 0 spiro atoms. The molecule has 10 aromatic carbocycles. The van der Waals surface area contributed by atoms with Crippen molar-refractivity contribution in [2.24, 2.45) is 0 Å². The summed E-state index contributed by atoms with van der Waals surface area (Å²) < 4.78 is 9.08. The smallest absolute Gasteiger partial charge is 0.136 e. The molecule has 0 radical (unpaired) electrons. The van der Waals surface area contributed by atoms with Gasteiger partial charge in [0.05, 0.1) is 11.0 Å². The topological polar surface area (TPSA) is 18.1 Å². The molecule has 304 valence electrons. The van der Waals surface area contributed by atoms with Crippen molar-refractivity contribution in [1.29, 1.82) is 0 Å². The Hall–Kier alpha value is -8.20. The number of nitrogens with zero attached hydrogens (tertiary/aromatic N) is 1. The van der Waals surface area contributed by atoms with Gasteiger partial charge in [0.2, 0.25) is 0 Å². The van der Waals surface area contributed by atoms with Crippen molar-refractivity contribution in [3.8, 4) is 50.2 Å². The average molecular weight is 828 g/mol. The van der Waals surface area contributed by atoms with E-state index < -0.39 is 0 Å². The molecule has 0 aliphatic heterocycles. The van der Waals surface area contributed by atoms with Gasteiger partial charge in [-0.1, -0.05) is 164 Å². The van der Waals surface area contributed by atoms with E-state index in [4.69, 9.17) is 4.42 Å². The first-order chi connectivity index (χ1) is 32.2. The molecule has 12 aromatic rings. The second kappa shape index (κ2) is 14.2. The summed E-state index contributed by atoms with van der Waals surface area (Å²) in [4.78, 5) is 0. The van der Waals surface area contributed by atoms with E-state index >= 15 is 0 Å². The predicted molar refractivity (Wildman–Crippen MR) is 269 cm³/mol. The molecule has 0 saturated carbocycles. The molecule has 65 heavy (non-hydrogen) atoms. The first-order valence-electron chi connectivity index (χ1n) is 22.8. The molecule has 14 rings (SSSR count).